The molecule has 4 nitrogen and oxygen atoms in total. The molecule has 1 aliphatic rings. The molecule has 0 bridgehead atoms. The van der Waals surface area contributed by atoms with Crippen molar-refractivity contribution in [2.45, 2.75) is 18.9 Å². The van der Waals surface area contributed by atoms with E-state index in [-0.39, 0.29) is 0 Å². The topological polar surface area (TPSA) is 39.9 Å². The summed E-state index contributed by atoms with van der Waals surface area (Å²) in [5.41, 5.74) is 1.87. The number of nitrogens with zero attached hydrogens (tertiary/aromatic N) is 3. The maximum absolute atomic E-state index is 5.91. The predicted molar refractivity (Wildman–Crippen MR) is 61.6 cm³/mol. The van der Waals surface area contributed by atoms with E-state index < -0.39 is 0 Å². The summed E-state index contributed by atoms with van der Waals surface area (Å²) in [4.78, 5) is 0. The van der Waals surface area contributed by atoms with E-state index in [4.69, 9.17) is 16.3 Å². The molecule has 16 heavy (non-hydrogen) atoms. The fraction of sp³-hybridized carbons (Fsp3) is 0.455. The third-order valence-corrected chi connectivity index (χ3v) is 3.15. The van der Waals surface area contributed by atoms with Crippen molar-refractivity contribution in [3.05, 3.63) is 23.2 Å². The highest BCUT2D eigenvalue weighted by Crippen LogP contribution is 2.24. The van der Waals surface area contributed by atoms with Gasteiger partial charge < -0.3 is 4.74 Å². The molecule has 1 fully saturated rings. The van der Waals surface area contributed by atoms with Gasteiger partial charge in [-0.1, -0.05) is 16.8 Å². The van der Waals surface area contributed by atoms with E-state index in [0.29, 0.717) is 11.1 Å². The first-order valence-corrected chi connectivity index (χ1v) is 5.80. The molecule has 1 unspecified atom stereocenters. The van der Waals surface area contributed by atoms with Gasteiger partial charge >= 0.3 is 0 Å². The molecule has 0 saturated carbocycles. The lowest BCUT2D eigenvalue weighted by molar-refractivity contribution is 0.0558. The van der Waals surface area contributed by atoms with E-state index in [1.807, 2.05) is 22.9 Å². The van der Waals surface area contributed by atoms with Gasteiger partial charge in [-0.15, -0.1) is 5.10 Å². The molecule has 1 aliphatic heterocycles. The Labute approximate surface area is 98.1 Å². The number of aromatic nitrogens is 3. The minimum Gasteiger partial charge on any atom is -0.379 e. The molecule has 2 heterocycles. The van der Waals surface area contributed by atoms with E-state index in [0.717, 1.165) is 37.1 Å². The largest absolute Gasteiger partial charge is 0.379 e. The van der Waals surface area contributed by atoms with E-state index in [9.17, 15) is 0 Å². The Hall–Kier alpha value is -1.13. The van der Waals surface area contributed by atoms with Crippen LogP contribution in [0, 0.1) is 0 Å². The van der Waals surface area contributed by atoms with Crippen molar-refractivity contribution < 1.29 is 4.74 Å². The second kappa shape index (κ2) is 4.03. The Morgan fingerprint density at radius 1 is 1.44 bits per heavy atom. The van der Waals surface area contributed by atoms with Crippen LogP contribution in [0.1, 0.15) is 18.9 Å². The highest BCUT2D eigenvalue weighted by Gasteiger charge is 2.19. The quantitative estimate of drug-likeness (QED) is 0.765. The summed E-state index contributed by atoms with van der Waals surface area (Å²) in [5.74, 6) is 0. The number of hydrogen-bond acceptors (Lipinski definition) is 3. The third-order valence-electron chi connectivity index (χ3n) is 2.92. The Morgan fingerprint density at radius 2 is 2.38 bits per heavy atom. The molecular weight excluding hydrogens is 226 g/mol. The lowest BCUT2D eigenvalue weighted by Crippen LogP contribution is -2.22. The average Bonchev–Trinajstić information content (AvgIpc) is 2.73. The first-order valence-electron chi connectivity index (χ1n) is 5.43. The third kappa shape index (κ3) is 1.68. The van der Waals surface area contributed by atoms with Gasteiger partial charge in [0.1, 0.15) is 5.52 Å². The highest BCUT2D eigenvalue weighted by atomic mass is 35.5. The van der Waals surface area contributed by atoms with Crippen LogP contribution in [0.4, 0.5) is 0 Å². The fourth-order valence-electron chi connectivity index (χ4n) is 2.10. The molecule has 1 aromatic heterocycles. The minimum absolute atomic E-state index is 0.305. The van der Waals surface area contributed by atoms with Gasteiger partial charge in [0, 0.05) is 11.6 Å². The van der Waals surface area contributed by atoms with Crippen LogP contribution in [-0.4, -0.2) is 28.2 Å². The van der Waals surface area contributed by atoms with Crippen LogP contribution in [-0.2, 0) is 4.74 Å². The molecule has 0 radical (unpaired) electrons. The standard InChI is InChI=1S/C11H12ClN3O/c12-8-3-4-11-10(6-8)13-14-15(11)9-2-1-5-16-7-9/h3-4,6,9H,1-2,5,7H2. The first kappa shape index (κ1) is 10.1. The van der Waals surface area contributed by atoms with Gasteiger partial charge in [-0.25, -0.2) is 4.68 Å². The zero-order chi connectivity index (χ0) is 11.0. The summed E-state index contributed by atoms with van der Waals surface area (Å²) >= 11 is 5.91. The van der Waals surface area contributed by atoms with Crippen molar-refractivity contribution in [3.63, 3.8) is 0 Å². The predicted octanol–water partition coefficient (Wildman–Crippen LogP) is 2.44. The molecular formula is C11H12ClN3O. The lowest BCUT2D eigenvalue weighted by atomic mass is 10.1. The molecule has 0 amide bonds. The molecule has 0 spiro atoms. The molecule has 0 N–H and O–H groups in total. The number of hydrogen-bond donors (Lipinski definition) is 0. The summed E-state index contributed by atoms with van der Waals surface area (Å²) < 4.78 is 7.41. The van der Waals surface area contributed by atoms with E-state index in [1.165, 1.54) is 0 Å². The van der Waals surface area contributed by atoms with Crippen LogP contribution in [0.15, 0.2) is 18.2 Å². The van der Waals surface area contributed by atoms with E-state index in [1.54, 1.807) is 0 Å². The second-order valence-electron chi connectivity index (χ2n) is 4.04. The number of rotatable bonds is 1. The van der Waals surface area contributed by atoms with Gasteiger partial charge in [-0.2, -0.15) is 0 Å². The highest BCUT2D eigenvalue weighted by molar-refractivity contribution is 6.31. The minimum atomic E-state index is 0.305. The van der Waals surface area contributed by atoms with Crippen LogP contribution in [0.5, 0.6) is 0 Å². The normalized spacial score (nSPS) is 21.4. The Balaban J connectivity index is 2.03. The SMILES string of the molecule is Clc1ccc2c(c1)nnn2C1CCCOC1. The lowest BCUT2D eigenvalue weighted by Gasteiger charge is -2.22. The molecule has 84 valence electrons. The molecule has 1 saturated heterocycles. The number of halogens is 1. The summed E-state index contributed by atoms with van der Waals surface area (Å²) in [6, 6.07) is 5.98. The summed E-state index contributed by atoms with van der Waals surface area (Å²) in [6.45, 7) is 1.58. The Kier molecular flexibility index (Phi) is 2.53. The summed E-state index contributed by atoms with van der Waals surface area (Å²) in [7, 11) is 0. The van der Waals surface area contributed by atoms with Crippen LogP contribution in [0.25, 0.3) is 11.0 Å². The first-order chi connectivity index (χ1) is 7.84. The van der Waals surface area contributed by atoms with Crippen molar-refractivity contribution in [1.29, 1.82) is 0 Å². The van der Waals surface area contributed by atoms with Crippen molar-refractivity contribution in [2.24, 2.45) is 0 Å². The van der Waals surface area contributed by atoms with Crippen LogP contribution in [0.2, 0.25) is 5.02 Å². The zero-order valence-corrected chi connectivity index (χ0v) is 9.52. The van der Waals surface area contributed by atoms with Crippen molar-refractivity contribution >= 4 is 22.6 Å². The van der Waals surface area contributed by atoms with E-state index >= 15 is 0 Å². The monoisotopic (exact) mass is 237 g/mol. The number of ether oxygens (including phenoxy) is 1. The molecule has 5 heteroatoms. The zero-order valence-electron chi connectivity index (χ0n) is 8.77. The number of fused-ring (bicyclic) bond motifs is 1. The maximum atomic E-state index is 5.91. The number of benzene rings is 1. The summed E-state index contributed by atoms with van der Waals surface area (Å²) in [6.07, 6.45) is 2.18. The van der Waals surface area contributed by atoms with Gasteiger partial charge in [0.05, 0.1) is 18.2 Å². The molecule has 1 aromatic carbocycles. The van der Waals surface area contributed by atoms with Crippen LogP contribution < -0.4 is 0 Å². The average molecular weight is 238 g/mol. The second-order valence-corrected chi connectivity index (χ2v) is 4.47. The Morgan fingerprint density at radius 3 is 3.19 bits per heavy atom. The van der Waals surface area contributed by atoms with Gasteiger partial charge in [-0.3, -0.25) is 0 Å². The maximum Gasteiger partial charge on any atom is 0.114 e. The molecule has 2 aromatic rings. The van der Waals surface area contributed by atoms with Gasteiger partial charge in [0.25, 0.3) is 0 Å². The van der Waals surface area contributed by atoms with Crippen molar-refractivity contribution in [2.75, 3.05) is 13.2 Å². The Bertz CT molecular complexity index is 505. The summed E-state index contributed by atoms with van der Waals surface area (Å²) in [5, 5.41) is 9.01. The van der Waals surface area contributed by atoms with E-state index in [2.05, 4.69) is 10.3 Å². The van der Waals surface area contributed by atoms with Gasteiger partial charge in [-0.05, 0) is 31.0 Å². The fourth-order valence-corrected chi connectivity index (χ4v) is 2.27. The smallest absolute Gasteiger partial charge is 0.114 e. The molecule has 0 aliphatic carbocycles. The van der Waals surface area contributed by atoms with Gasteiger partial charge in [0.2, 0.25) is 0 Å². The molecule has 3 rings (SSSR count). The van der Waals surface area contributed by atoms with Gasteiger partial charge in [0.15, 0.2) is 0 Å². The van der Waals surface area contributed by atoms with Crippen molar-refractivity contribution in [1.82, 2.24) is 15.0 Å². The molecule has 1 atom stereocenters. The van der Waals surface area contributed by atoms with Crippen LogP contribution >= 0.6 is 11.6 Å². The van der Waals surface area contributed by atoms with Crippen LogP contribution in [0.3, 0.4) is 0 Å². The van der Waals surface area contributed by atoms with Crippen molar-refractivity contribution in [3.8, 4) is 0 Å².